The van der Waals surface area contributed by atoms with Crippen molar-refractivity contribution in [2.75, 3.05) is 18.0 Å². The van der Waals surface area contributed by atoms with Crippen LogP contribution in [0.4, 0.5) is 5.95 Å². The molecule has 5 nitrogen and oxygen atoms in total. The number of hydrogen-bond donors (Lipinski definition) is 1. The first kappa shape index (κ1) is 9.15. The number of rotatable bonds is 2. The van der Waals surface area contributed by atoms with Crippen LogP contribution in [0, 0.1) is 0 Å². The van der Waals surface area contributed by atoms with Gasteiger partial charge in [0.15, 0.2) is 0 Å². The molecule has 1 saturated heterocycles. The van der Waals surface area contributed by atoms with Gasteiger partial charge in [0.25, 0.3) is 5.95 Å². The first-order valence-corrected chi connectivity index (χ1v) is 5.66. The van der Waals surface area contributed by atoms with Gasteiger partial charge in [0.05, 0.1) is 5.54 Å². The Bertz CT molecular complexity index is 352. The summed E-state index contributed by atoms with van der Waals surface area (Å²) in [6.07, 6.45) is 5.54. The van der Waals surface area contributed by atoms with Crippen LogP contribution in [-0.4, -0.2) is 23.2 Å². The van der Waals surface area contributed by atoms with Gasteiger partial charge in [-0.3, -0.25) is 0 Å². The van der Waals surface area contributed by atoms with Crippen molar-refractivity contribution in [1.82, 2.24) is 10.1 Å². The highest BCUT2D eigenvalue weighted by Crippen LogP contribution is 2.38. The van der Waals surface area contributed by atoms with Crippen LogP contribution in [0.25, 0.3) is 0 Å². The van der Waals surface area contributed by atoms with E-state index < -0.39 is 0 Å². The number of hydrogen-bond acceptors (Lipinski definition) is 5. The molecule has 0 atom stereocenters. The molecule has 0 bridgehead atoms. The smallest absolute Gasteiger partial charge is 0.266 e. The van der Waals surface area contributed by atoms with Gasteiger partial charge in [-0.05, 0) is 37.3 Å². The van der Waals surface area contributed by atoms with Crippen LogP contribution < -0.4 is 10.6 Å². The Labute approximate surface area is 88.6 Å². The summed E-state index contributed by atoms with van der Waals surface area (Å²) in [6, 6.07) is 0. The second-order valence-corrected chi connectivity index (χ2v) is 4.60. The summed E-state index contributed by atoms with van der Waals surface area (Å²) in [5.41, 5.74) is 5.79. The quantitative estimate of drug-likeness (QED) is 0.785. The molecule has 2 aliphatic rings. The highest BCUT2D eigenvalue weighted by Gasteiger charge is 2.40. The molecule has 2 heterocycles. The molecule has 1 aromatic rings. The Morgan fingerprint density at radius 2 is 1.93 bits per heavy atom. The number of nitrogens with two attached hydrogens (primary N) is 1. The minimum atomic E-state index is -0.328. The average molecular weight is 208 g/mol. The molecule has 0 spiro atoms. The summed E-state index contributed by atoms with van der Waals surface area (Å²) >= 11 is 0. The van der Waals surface area contributed by atoms with Gasteiger partial charge in [-0.25, -0.2) is 0 Å². The third-order valence-electron chi connectivity index (χ3n) is 3.48. The van der Waals surface area contributed by atoms with E-state index in [0.717, 1.165) is 38.3 Å². The second-order valence-electron chi connectivity index (χ2n) is 4.60. The van der Waals surface area contributed by atoms with Crippen molar-refractivity contribution < 1.29 is 4.52 Å². The fourth-order valence-electron chi connectivity index (χ4n) is 2.24. The molecule has 1 aliphatic heterocycles. The van der Waals surface area contributed by atoms with Gasteiger partial charge in [-0.1, -0.05) is 0 Å². The fourth-order valence-corrected chi connectivity index (χ4v) is 2.24. The summed E-state index contributed by atoms with van der Waals surface area (Å²) < 4.78 is 5.26. The van der Waals surface area contributed by atoms with E-state index in [4.69, 9.17) is 10.3 Å². The molecular formula is C10H16N4O. The first-order chi connectivity index (χ1) is 7.28. The average Bonchev–Trinajstić information content (AvgIpc) is 2.84. The Kier molecular flexibility index (Phi) is 1.95. The van der Waals surface area contributed by atoms with Crippen molar-refractivity contribution in [3.05, 3.63) is 5.89 Å². The summed E-state index contributed by atoms with van der Waals surface area (Å²) in [5, 5.41) is 4.01. The summed E-state index contributed by atoms with van der Waals surface area (Å²) in [7, 11) is 0. The molecule has 5 heteroatoms. The van der Waals surface area contributed by atoms with E-state index >= 15 is 0 Å². The maximum atomic E-state index is 6.12. The fraction of sp³-hybridized carbons (Fsp3) is 0.800. The first-order valence-electron chi connectivity index (χ1n) is 5.66. The monoisotopic (exact) mass is 208 g/mol. The van der Waals surface area contributed by atoms with Gasteiger partial charge < -0.3 is 15.2 Å². The zero-order valence-electron chi connectivity index (χ0n) is 8.78. The minimum Gasteiger partial charge on any atom is -0.338 e. The van der Waals surface area contributed by atoms with Crippen molar-refractivity contribution >= 4 is 5.95 Å². The molecule has 2 N–H and O–H groups in total. The van der Waals surface area contributed by atoms with Crippen molar-refractivity contribution in [3.8, 4) is 0 Å². The van der Waals surface area contributed by atoms with Crippen LogP contribution in [0.2, 0.25) is 0 Å². The van der Waals surface area contributed by atoms with Crippen LogP contribution in [-0.2, 0) is 5.54 Å². The van der Waals surface area contributed by atoms with E-state index in [2.05, 4.69) is 15.0 Å². The zero-order chi connectivity index (χ0) is 10.3. The molecule has 0 amide bonds. The number of anilines is 1. The second kappa shape index (κ2) is 3.20. The Morgan fingerprint density at radius 1 is 1.20 bits per heavy atom. The van der Waals surface area contributed by atoms with E-state index in [1.807, 2.05) is 0 Å². The largest absolute Gasteiger partial charge is 0.338 e. The molecule has 15 heavy (non-hydrogen) atoms. The summed E-state index contributed by atoms with van der Waals surface area (Å²) in [6.45, 7) is 2.08. The van der Waals surface area contributed by atoms with Crippen molar-refractivity contribution in [2.45, 2.75) is 37.6 Å². The Balaban J connectivity index is 1.80. The van der Waals surface area contributed by atoms with Crippen LogP contribution in [0.15, 0.2) is 4.52 Å². The molecule has 1 saturated carbocycles. The maximum absolute atomic E-state index is 6.12. The lowest BCUT2D eigenvalue weighted by molar-refractivity contribution is 0.181. The Morgan fingerprint density at radius 3 is 2.53 bits per heavy atom. The third-order valence-corrected chi connectivity index (χ3v) is 3.48. The molecule has 82 valence electrons. The normalized spacial score (nSPS) is 24.2. The van der Waals surface area contributed by atoms with Gasteiger partial charge in [0.2, 0.25) is 5.89 Å². The van der Waals surface area contributed by atoms with Crippen molar-refractivity contribution in [1.29, 1.82) is 0 Å². The standard InChI is InChI=1S/C10H16N4O/c11-10(4-3-5-10)8-12-9(13-15-8)14-6-1-2-7-14/h1-7,11H2. The Hall–Kier alpha value is -1.10. The van der Waals surface area contributed by atoms with E-state index in [9.17, 15) is 0 Å². The predicted molar refractivity (Wildman–Crippen MR) is 55.5 cm³/mol. The van der Waals surface area contributed by atoms with Crippen LogP contribution in [0.1, 0.15) is 38.0 Å². The van der Waals surface area contributed by atoms with Crippen molar-refractivity contribution in [2.24, 2.45) is 5.73 Å². The number of aromatic nitrogens is 2. The van der Waals surface area contributed by atoms with Gasteiger partial charge in [-0.15, -0.1) is 0 Å². The van der Waals surface area contributed by atoms with Crippen LogP contribution in [0.5, 0.6) is 0 Å². The van der Waals surface area contributed by atoms with Crippen molar-refractivity contribution in [3.63, 3.8) is 0 Å². The molecule has 3 rings (SSSR count). The maximum Gasteiger partial charge on any atom is 0.266 e. The molecule has 2 fully saturated rings. The van der Waals surface area contributed by atoms with Gasteiger partial charge in [0.1, 0.15) is 0 Å². The van der Waals surface area contributed by atoms with Crippen LogP contribution >= 0.6 is 0 Å². The zero-order valence-corrected chi connectivity index (χ0v) is 8.78. The predicted octanol–water partition coefficient (Wildman–Crippen LogP) is 1.01. The van der Waals surface area contributed by atoms with E-state index in [-0.39, 0.29) is 5.54 Å². The molecular weight excluding hydrogens is 192 g/mol. The molecule has 0 unspecified atom stereocenters. The third kappa shape index (κ3) is 1.42. The van der Waals surface area contributed by atoms with E-state index in [0.29, 0.717) is 5.89 Å². The molecule has 1 aliphatic carbocycles. The minimum absolute atomic E-state index is 0.328. The topological polar surface area (TPSA) is 68.2 Å². The van der Waals surface area contributed by atoms with Crippen LogP contribution in [0.3, 0.4) is 0 Å². The highest BCUT2D eigenvalue weighted by molar-refractivity contribution is 5.30. The summed E-state index contributed by atoms with van der Waals surface area (Å²) in [5.74, 6) is 1.34. The van der Waals surface area contributed by atoms with E-state index in [1.165, 1.54) is 12.8 Å². The van der Waals surface area contributed by atoms with Gasteiger partial charge >= 0.3 is 0 Å². The summed E-state index contributed by atoms with van der Waals surface area (Å²) in [4.78, 5) is 6.57. The lowest BCUT2D eigenvalue weighted by atomic mass is 9.78. The highest BCUT2D eigenvalue weighted by atomic mass is 16.5. The lowest BCUT2D eigenvalue weighted by Crippen LogP contribution is -2.43. The number of nitrogens with zero attached hydrogens (tertiary/aromatic N) is 3. The van der Waals surface area contributed by atoms with E-state index in [1.54, 1.807) is 0 Å². The SMILES string of the molecule is NC1(c2nc(N3CCCC3)no2)CCC1. The lowest BCUT2D eigenvalue weighted by Gasteiger charge is -2.33. The molecule has 1 aromatic heterocycles. The van der Waals surface area contributed by atoms with Gasteiger partial charge in [0, 0.05) is 13.1 Å². The van der Waals surface area contributed by atoms with Gasteiger partial charge in [-0.2, -0.15) is 4.98 Å². The molecule has 0 aromatic carbocycles. The molecule has 0 radical (unpaired) electrons.